The van der Waals surface area contributed by atoms with Crippen molar-refractivity contribution in [2.45, 2.75) is 25.8 Å². The number of hydrogen-bond acceptors (Lipinski definition) is 3. The predicted molar refractivity (Wildman–Crippen MR) is 62.6 cm³/mol. The average molecular weight is 238 g/mol. The highest BCUT2D eigenvalue weighted by Gasteiger charge is 2.35. The molecule has 2 rings (SSSR count). The number of nitrogens with zero attached hydrogens (tertiary/aromatic N) is 2. The van der Waals surface area contributed by atoms with E-state index >= 15 is 0 Å². The van der Waals surface area contributed by atoms with Crippen LogP contribution >= 0.6 is 0 Å². The lowest BCUT2D eigenvalue weighted by Gasteiger charge is -2.37. The number of rotatable bonds is 3. The zero-order chi connectivity index (χ0) is 12.4. The maximum Gasteiger partial charge on any atom is 0.328 e. The largest absolute Gasteiger partial charge is 0.478 e. The van der Waals surface area contributed by atoms with E-state index in [1.54, 1.807) is 0 Å². The Morgan fingerprint density at radius 2 is 2.29 bits per heavy atom. The highest BCUT2D eigenvalue weighted by atomic mass is 16.4. The normalized spacial score (nSPS) is 26.2. The molecule has 0 spiro atoms. The molecule has 2 saturated heterocycles. The summed E-state index contributed by atoms with van der Waals surface area (Å²) < 4.78 is 0. The molecule has 0 aromatic rings. The molecule has 5 heteroatoms. The second kappa shape index (κ2) is 4.87. The Morgan fingerprint density at radius 3 is 3.00 bits per heavy atom. The quantitative estimate of drug-likeness (QED) is 0.719. The minimum atomic E-state index is -0.891. The number of aliphatic carboxylic acids is 1. The molecule has 1 unspecified atom stereocenters. The smallest absolute Gasteiger partial charge is 0.328 e. The Labute approximate surface area is 101 Å². The number of piperazine rings is 1. The average Bonchev–Trinajstić information content (AvgIpc) is 2.58. The Kier molecular flexibility index (Phi) is 3.47. The van der Waals surface area contributed by atoms with Gasteiger partial charge in [-0.1, -0.05) is 5.57 Å². The number of fused-ring (bicyclic) bond motifs is 1. The van der Waals surface area contributed by atoms with Gasteiger partial charge >= 0.3 is 5.97 Å². The van der Waals surface area contributed by atoms with Crippen LogP contribution in [0.4, 0.5) is 0 Å². The van der Waals surface area contributed by atoms with E-state index in [0.717, 1.165) is 31.6 Å². The van der Waals surface area contributed by atoms with Gasteiger partial charge in [-0.25, -0.2) is 4.79 Å². The fourth-order valence-corrected chi connectivity index (χ4v) is 2.68. The van der Waals surface area contributed by atoms with E-state index in [1.807, 2.05) is 11.8 Å². The van der Waals surface area contributed by atoms with E-state index in [9.17, 15) is 9.59 Å². The fraction of sp³-hybridized carbons (Fsp3) is 0.667. The van der Waals surface area contributed by atoms with Gasteiger partial charge in [0.15, 0.2) is 0 Å². The van der Waals surface area contributed by atoms with Crippen molar-refractivity contribution in [3.8, 4) is 0 Å². The Morgan fingerprint density at radius 1 is 1.53 bits per heavy atom. The van der Waals surface area contributed by atoms with Crippen LogP contribution in [-0.4, -0.2) is 59.0 Å². The third-order valence-corrected chi connectivity index (χ3v) is 3.42. The molecule has 1 atom stereocenters. The van der Waals surface area contributed by atoms with Crippen LogP contribution in [0.2, 0.25) is 0 Å². The van der Waals surface area contributed by atoms with Crippen molar-refractivity contribution < 1.29 is 14.7 Å². The molecule has 0 radical (unpaired) electrons. The molecule has 94 valence electrons. The molecule has 2 aliphatic rings. The van der Waals surface area contributed by atoms with Gasteiger partial charge in [0.05, 0.1) is 0 Å². The maximum absolute atomic E-state index is 11.5. The first-order valence-electron chi connectivity index (χ1n) is 5.98. The van der Waals surface area contributed by atoms with E-state index in [0.29, 0.717) is 19.0 Å². The molecule has 0 aromatic heterocycles. The van der Waals surface area contributed by atoms with E-state index in [2.05, 4.69) is 4.90 Å². The molecule has 2 heterocycles. The van der Waals surface area contributed by atoms with Crippen molar-refractivity contribution in [3.05, 3.63) is 11.6 Å². The molecule has 1 amide bonds. The summed E-state index contributed by atoms with van der Waals surface area (Å²) in [4.78, 5) is 26.2. The van der Waals surface area contributed by atoms with Gasteiger partial charge in [-0.2, -0.15) is 0 Å². The standard InChI is InChI=1S/C12H18N2O3/c1-9(6-12(16)17)7-13-4-5-14-10(8-13)2-3-11(14)15/h6,10H,2-5,7-8H2,1H3,(H,16,17). The van der Waals surface area contributed by atoms with Crippen molar-refractivity contribution in [1.82, 2.24) is 9.80 Å². The van der Waals surface area contributed by atoms with E-state index in [1.165, 1.54) is 6.08 Å². The molecule has 0 aliphatic carbocycles. The van der Waals surface area contributed by atoms with Crippen LogP contribution in [0.5, 0.6) is 0 Å². The number of carbonyl (C=O) groups is 2. The first kappa shape index (κ1) is 12.1. The SMILES string of the molecule is CC(=CC(=O)O)CN1CCN2C(=O)CCC2C1. The Hall–Kier alpha value is -1.36. The zero-order valence-corrected chi connectivity index (χ0v) is 10.1. The van der Waals surface area contributed by atoms with Gasteiger partial charge in [-0.05, 0) is 13.3 Å². The summed E-state index contributed by atoms with van der Waals surface area (Å²) in [6.07, 6.45) is 2.87. The van der Waals surface area contributed by atoms with Crippen molar-refractivity contribution in [1.29, 1.82) is 0 Å². The second-order valence-electron chi connectivity index (χ2n) is 4.84. The van der Waals surface area contributed by atoms with Crippen molar-refractivity contribution >= 4 is 11.9 Å². The molecule has 5 nitrogen and oxygen atoms in total. The molecule has 0 aromatic carbocycles. The third-order valence-electron chi connectivity index (χ3n) is 3.42. The van der Waals surface area contributed by atoms with Crippen LogP contribution < -0.4 is 0 Å². The van der Waals surface area contributed by atoms with Crippen molar-refractivity contribution in [2.24, 2.45) is 0 Å². The Bertz CT molecular complexity index is 365. The van der Waals surface area contributed by atoms with Crippen molar-refractivity contribution in [3.63, 3.8) is 0 Å². The number of amides is 1. The summed E-state index contributed by atoms with van der Waals surface area (Å²) in [6, 6.07) is 0.342. The number of carboxylic acids is 1. The first-order chi connectivity index (χ1) is 8.06. The fourth-order valence-electron chi connectivity index (χ4n) is 2.68. The molecule has 2 aliphatic heterocycles. The lowest BCUT2D eigenvalue weighted by Crippen LogP contribution is -2.51. The molecular formula is C12H18N2O3. The summed E-state index contributed by atoms with van der Waals surface area (Å²) in [5, 5.41) is 8.65. The minimum Gasteiger partial charge on any atom is -0.478 e. The van der Waals surface area contributed by atoms with Crippen LogP contribution in [0.15, 0.2) is 11.6 Å². The van der Waals surface area contributed by atoms with Gasteiger partial charge in [0.25, 0.3) is 0 Å². The maximum atomic E-state index is 11.5. The monoisotopic (exact) mass is 238 g/mol. The van der Waals surface area contributed by atoms with Crippen LogP contribution in [-0.2, 0) is 9.59 Å². The number of carbonyl (C=O) groups excluding carboxylic acids is 1. The van der Waals surface area contributed by atoms with Gasteiger partial charge in [-0.3, -0.25) is 9.69 Å². The highest BCUT2D eigenvalue weighted by molar-refractivity contribution is 5.80. The van der Waals surface area contributed by atoms with E-state index in [4.69, 9.17) is 5.11 Å². The Balaban J connectivity index is 1.89. The highest BCUT2D eigenvalue weighted by Crippen LogP contribution is 2.23. The summed E-state index contributed by atoms with van der Waals surface area (Å²) in [5.74, 6) is -0.621. The third kappa shape index (κ3) is 2.85. The molecule has 17 heavy (non-hydrogen) atoms. The minimum absolute atomic E-state index is 0.271. The van der Waals surface area contributed by atoms with Gasteiger partial charge in [0.2, 0.25) is 5.91 Å². The molecule has 2 fully saturated rings. The summed E-state index contributed by atoms with van der Waals surface area (Å²) in [7, 11) is 0. The zero-order valence-electron chi connectivity index (χ0n) is 10.1. The van der Waals surface area contributed by atoms with Gasteiger partial charge in [0.1, 0.15) is 0 Å². The summed E-state index contributed by atoms with van der Waals surface area (Å²) in [5.41, 5.74) is 0.857. The lowest BCUT2D eigenvalue weighted by atomic mass is 10.1. The van der Waals surface area contributed by atoms with Gasteiger partial charge < -0.3 is 10.0 Å². The summed E-state index contributed by atoms with van der Waals surface area (Å²) >= 11 is 0. The molecular weight excluding hydrogens is 220 g/mol. The predicted octanol–water partition coefficient (Wildman–Crippen LogP) is 0.324. The number of hydrogen-bond donors (Lipinski definition) is 1. The second-order valence-corrected chi connectivity index (χ2v) is 4.84. The van der Waals surface area contributed by atoms with Crippen molar-refractivity contribution in [2.75, 3.05) is 26.2 Å². The molecule has 0 saturated carbocycles. The first-order valence-corrected chi connectivity index (χ1v) is 5.98. The molecule has 1 N–H and O–H groups in total. The molecule has 0 bridgehead atoms. The van der Waals surface area contributed by atoms with Crippen LogP contribution in [0.3, 0.4) is 0 Å². The van der Waals surface area contributed by atoms with Crippen LogP contribution in [0.1, 0.15) is 19.8 Å². The summed E-state index contributed by atoms with van der Waals surface area (Å²) in [6.45, 7) is 5.01. The lowest BCUT2D eigenvalue weighted by molar-refractivity contribution is -0.131. The van der Waals surface area contributed by atoms with Crippen LogP contribution in [0.25, 0.3) is 0 Å². The topological polar surface area (TPSA) is 60.9 Å². The van der Waals surface area contributed by atoms with Crippen LogP contribution in [0, 0.1) is 0 Å². The van der Waals surface area contributed by atoms with E-state index < -0.39 is 5.97 Å². The number of carboxylic acid groups (broad SMARTS) is 1. The van der Waals surface area contributed by atoms with Gasteiger partial charge in [-0.15, -0.1) is 0 Å². The van der Waals surface area contributed by atoms with Gasteiger partial charge in [0, 0.05) is 44.7 Å². The van der Waals surface area contributed by atoms with E-state index in [-0.39, 0.29) is 5.91 Å².